The lowest BCUT2D eigenvalue weighted by Crippen LogP contribution is -2.54. The Bertz CT molecular complexity index is 1980. The predicted octanol–water partition coefficient (Wildman–Crippen LogP) is 2.92. The van der Waals surface area contributed by atoms with Crippen LogP contribution in [0.1, 0.15) is 46.4 Å². The monoisotopic (exact) mass is 676 g/mol. The molecule has 4 amide bonds. The molecule has 0 spiro atoms. The lowest BCUT2D eigenvalue weighted by atomic mass is 10.0. The second-order valence-corrected chi connectivity index (χ2v) is 13.0. The van der Waals surface area contributed by atoms with E-state index in [1.807, 2.05) is 36.4 Å². The molecular formula is C36H36N8O6. The zero-order valence-corrected chi connectivity index (χ0v) is 27.3. The minimum atomic E-state index is -0.991. The smallest absolute Gasteiger partial charge is 0.262 e. The fourth-order valence-electron chi connectivity index (χ4n) is 6.95. The Morgan fingerprint density at radius 2 is 1.66 bits per heavy atom. The summed E-state index contributed by atoms with van der Waals surface area (Å²) in [4.78, 5) is 68.9. The second kappa shape index (κ2) is 13.4. The predicted molar refractivity (Wildman–Crippen MR) is 182 cm³/mol. The average Bonchev–Trinajstić information content (AvgIpc) is 3.35. The van der Waals surface area contributed by atoms with Crippen LogP contribution in [-0.2, 0) is 14.3 Å². The van der Waals surface area contributed by atoms with Gasteiger partial charge in [0.25, 0.3) is 11.8 Å². The lowest BCUT2D eigenvalue weighted by Gasteiger charge is -2.43. The summed E-state index contributed by atoms with van der Waals surface area (Å²) >= 11 is 0. The third-order valence-corrected chi connectivity index (χ3v) is 9.68. The number of likely N-dealkylation sites (tertiary alicyclic amines) is 1. The normalized spacial score (nSPS) is 20.2. The van der Waals surface area contributed by atoms with Crippen molar-refractivity contribution in [3.05, 3.63) is 78.1 Å². The molecule has 8 rings (SSSR count). The molecule has 1 aromatic carbocycles. The molecule has 0 aliphatic carbocycles. The van der Waals surface area contributed by atoms with Crippen molar-refractivity contribution in [3.8, 4) is 5.75 Å². The number of benzene rings is 1. The van der Waals surface area contributed by atoms with E-state index in [-0.39, 0.29) is 36.2 Å². The molecule has 4 aliphatic heterocycles. The molecule has 50 heavy (non-hydrogen) atoms. The first-order chi connectivity index (χ1) is 24.4. The maximum Gasteiger partial charge on any atom is 0.262 e. The van der Waals surface area contributed by atoms with Gasteiger partial charge in [-0.1, -0.05) is 0 Å². The summed E-state index contributed by atoms with van der Waals surface area (Å²) in [7, 11) is 0. The molecule has 14 heteroatoms. The van der Waals surface area contributed by atoms with Crippen LogP contribution in [0, 0.1) is 0 Å². The zero-order chi connectivity index (χ0) is 34.2. The number of carbonyl (C=O) groups excluding carboxylic acids is 4. The molecule has 0 radical (unpaired) electrons. The second-order valence-electron chi connectivity index (χ2n) is 13.0. The Kier molecular flexibility index (Phi) is 8.54. The molecule has 3 saturated heterocycles. The summed E-state index contributed by atoms with van der Waals surface area (Å²) in [6, 6.07) is 15.5. The van der Waals surface area contributed by atoms with E-state index in [9.17, 15) is 19.2 Å². The lowest BCUT2D eigenvalue weighted by molar-refractivity contribution is -0.136. The van der Waals surface area contributed by atoms with E-state index in [1.165, 1.54) is 0 Å². The number of fused-ring (bicyclic) bond motifs is 2. The van der Waals surface area contributed by atoms with Gasteiger partial charge in [0, 0.05) is 63.3 Å². The number of rotatable bonds is 10. The van der Waals surface area contributed by atoms with Crippen LogP contribution in [0.3, 0.4) is 0 Å². The summed E-state index contributed by atoms with van der Waals surface area (Å²) in [5, 5.41) is 5.51. The molecule has 4 aliphatic rings. The molecule has 256 valence electrons. The quantitative estimate of drug-likeness (QED) is 0.237. The molecule has 3 aromatic heterocycles. The molecule has 0 saturated carbocycles. The molecule has 2 N–H and O–H groups in total. The molecule has 7 heterocycles. The summed E-state index contributed by atoms with van der Waals surface area (Å²) < 4.78 is 12.4. The van der Waals surface area contributed by atoms with Crippen LogP contribution in [0.25, 0.3) is 11.0 Å². The van der Waals surface area contributed by atoms with Gasteiger partial charge in [0.15, 0.2) is 0 Å². The fourth-order valence-corrected chi connectivity index (χ4v) is 6.95. The zero-order valence-electron chi connectivity index (χ0n) is 27.3. The number of pyridine rings is 3. The third-order valence-electron chi connectivity index (χ3n) is 9.68. The van der Waals surface area contributed by atoms with Crippen molar-refractivity contribution in [2.45, 2.75) is 43.9 Å². The van der Waals surface area contributed by atoms with Crippen LogP contribution in [0.4, 0.5) is 17.3 Å². The van der Waals surface area contributed by atoms with Gasteiger partial charge in [-0.05, 0) is 67.8 Å². The number of aromatic nitrogens is 3. The Hall–Kier alpha value is -5.47. The largest absolute Gasteiger partial charge is 0.492 e. The van der Waals surface area contributed by atoms with E-state index >= 15 is 0 Å². The summed E-state index contributed by atoms with van der Waals surface area (Å²) in [5.74, 6) is -0.166. The van der Waals surface area contributed by atoms with Gasteiger partial charge in [0.05, 0.1) is 34.4 Å². The number of hydrogen-bond acceptors (Lipinski definition) is 12. The van der Waals surface area contributed by atoms with Crippen molar-refractivity contribution in [2.75, 3.05) is 49.5 Å². The number of nitrogens with zero attached hydrogens (tertiary/aromatic N) is 6. The number of piperidine rings is 2. The van der Waals surface area contributed by atoms with Gasteiger partial charge in [-0.15, -0.1) is 0 Å². The maximum absolute atomic E-state index is 13.1. The van der Waals surface area contributed by atoms with Gasteiger partial charge in [-0.2, -0.15) is 0 Å². The number of ether oxygens (including phenoxy) is 2. The number of hydrogen-bond donors (Lipinski definition) is 2. The van der Waals surface area contributed by atoms with Gasteiger partial charge in [0.1, 0.15) is 30.0 Å². The minimum Gasteiger partial charge on any atom is -0.492 e. The molecule has 14 nitrogen and oxygen atoms in total. The number of imide groups is 2. The van der Waals surface area contributed by atoms with E-state index in [2.05, 4.69) is 35.4 Å². The van der Waals surface area contributed by atoms with Crippen LogP contribution in [0.5, 0.6) is 5.75 Å². The molecular weight excluding hydrogens is 640 g/mol. The molecule has 1 unspecified atom stereocenters. The fraction of sp³-hybridized carbons (Fsp3) is 0.361. The van der Waals surface area contributed by atoms with Crippen molar-refractivity contribution < 1.29 is 28.7 Å². The van der Waals surface area contributed by atoms with Crippen LogP contribution in [0.15, 0.2) is 67.0 Å². The Labute approximate surface area is 287 Å². The van der Waals surface area contributed by atoms with Crippen molar-refractivity contribution in [2.24, 2.45) is 0 Å². The van der Waals surface area contributed by atoms with Crippen LogP contribution < -0.4 is 20.3 Å². The van der Waals surface area contributed by atoms with Crippen LogP contribution >= 0.6 is 0 Å². The first kappa shape index (κ1) is 31.8. The van der Waals surface area contributed by atoms with Crippen molar-refractivity contribution >= 4 is 52.0 Å². The molecule has 3 fully saturated rings. The highest BCUT2D eigenvalue weighted by Crippen LogP contribution is 2.31. The Morgan fingerprint density at radius 3 is 2.50 bits per heavy atom. The van der Waals surface area contributed by atoms with Crippen LogP contribution in [0.2, 0.25) is 0 Å². The number of anilines is 3. The minimum absolute atomic E-state index is 0.0806. The number of amides is 4. The summed E-state index contributed by atoms with van der Waals surface area (Å²) in [6.07, 6.45) is 6.05. The van der Waals surface area contributed by atoms with Gasteiger partial charge in [0.2, 0.25) is 11.8 Å². The average molecular weight is 677 g/mol. The first-order valence-corrected chi connectivity index (χ1v) is 16.9. The maximum atomic E-state index is 13.1. The standard InChI is InChI=1S/C36H36N8O6/c45-33-8-6-30(34(46)41-33)44-35(47)26-4-3-24(19-27(26)36(44)48)49-17-16-42-14-10-23(11-15-42)50-25-20-43(21-25)22-9-13-38-32(18-22)40-31-7-5-28-29(39-31)2-1-12-37-28/h1-5,7,9,12-13,18-19,23,25,30H,6,8,10-11,14-17,20-21H2,(H,38,39,40)(H,41,45,46). The van der Waals surface area contributed by atoms with E-state index in [0.717, 1.165) is 78.8 Å². The third kappa shape index (κ3) is 6.46. The highest BCUT2D eigenvalue weighted by Gasteiger charge is 2.44. The Morgan fingerprint density at radius 1 is 0.820 bits per heavy atom. The summed E-state index contributed by atoms with van der Waals surface area (Å²) in [5.41, 5.74) is 3.21. The van der Waals surface area contributed by atoms with E-state index < -0.39 is 29.7 Å². The van der Waals surface area contributed by atoms with E-state index in [0.29, 0.717) is 12.4 Å². The highest BCUT2D eigenvalue weighted by molar-refractivity contribution is 6.23. The number of nitrogens with one attached hydrogen (secondary N) is 2. The Balaban J connectivity index is 0.760. The first-order valence-electron chi connectivity index (χ1n) is 16.9. The highest BCUT2D eigenvalue weighted by atomic mass is 16.5. The van der Waals surface area contributed by atoms with Crippen molar-refractivity contribution in [3.63, 3.8) is 0 Å². The molecule has 1 atom stereocenters. The van der Waals surface area contributed by atoms with E-state index in [4.69, 9.17) is 9.47 Å². The van der Waals surface area contributed by atoms with Crippen molar-refractivity contribution in [1.82, 2.24) is 30.1 Å². The summed E-state index contributed by atoms with van der Waals surface area (Å²) in [6.45, 7) is 4.62. The van der Waals surface area contributed by atoms with Crippen LogP contribution in [-0.4, -0.2) is 106 Å². The topological polar surface area (TPSA) is 159 Å². The van der Waals surface area contributed by atoms with Gasteiger partial charge >= 0.3 is 0 Å². The molecule has 4 aromatic rings. The van der Waals surface area contributed by atoms with Crippen molar-refractivity contribution in [1.29, 1.82) is 0 Å². The SMILES string of the molecule is O=C1CCC(N2C(=O)c3ccc(OCCN4CCC(OC5CN(c6ccnc(Nc7ccc8ncccc8n7)c6)C5)CC4)cc3C2=O)C(=O)N1. The van der Waals surface area contributed by atoms with E-state index in [1.54, 1.807) is 30.6 Å². The van der Waals surface area contributed by atoms with Gasteiger partial charge in [-0.25, -0.2) is 9.97 Å². The van der Waals surface area contributed by atoms with Gasteiger partial charge < -0.3 is 19.7 Å². The number of carbonyl (C=O) groups is 4. The van der Waals surface area contributed by atoms with Gasteiger partial charge in [-0.3, -0.25) is 39.3 Å². The molecule has 0 bridgehead atoms.